The van der Waals surface area contributed by atoms with Crippen LogP contribution in [-0.2, 0) is 9.47 Å². The van der Waals surface area contributed by atoms with Crippen molar-refractivity contribution in [3.05, 3.63) is 11.6 Å². The SMILES string of the molecule is CC1=CC2(CC(C)(C)C1)OC(C)O2. The summed E-state index contributed by atoms with van der Waals surface area (Å²) in [5.41, 5.74) is 1.68. The first-order chi connectivity index (χ1) is 5.91. The molecule has 0 atom stereocenters. The molecule has 1 aliphatic carbocycles. The molecule has 0 aromatic heterocycles. The normalized spacial score (nSPS) is 42.8. The van der Waals surface area contributed by atoms with Crippen LogP contribution < -0.4 is 0 Å². The van der Waals surface area contributed by atoms with Crippen LogP contribution in [-0.4, -0.2) is 12.1 Å². The molecule has 0 N–H and O–H groups in total. The maximum atomic E-state index is 5.67. The predicted octanol–water partition coefficient (Wildman–Crippen LogP) is 2.84. The van der Waals surface area contributed by atoms with E-state index in [1.807, 2.05) is 6.92 Å². The molecule has 1 heterocycles. The highest BCUT2D eigenvalue weighted by Gasteiger charge is 2.48. The summed E-state index contributed by atoms with van der Waals surface area (Å²) in [7, 11) is 0. The zero-order valence-electron chi connectivity index (χ0n) is 8.89. The average Bonchev–Trinajstić information content (AvgIpc) is 1.77. The summed E-state index contributed by atoms with van der Waals surface area (Å²) < 4.78 is 11.3. The molecule has 2 aliphatic rings. The van der Waals surface area contributed by atoms with E-state index in [2.05, 4.69) is 26.8 Å². The van der Waals surface area contributed by atoms with Crippen LogP contribution in [0.2, 0.25) is 0 Å². The maximum Gasteiger partial charge on any atom is 0.194 e. The van der Waals surface area contributed by atoms with Crippen LogP contribution in [0.4, 0.5) is 0 Å². The zero-order chi connectivity index (χ0) is 9.69. The minimum absolute atomic E-state index is 0.0297. The Labute approximate surface area is 79.9 Å². The van der Waals surface area contributed by atoms with Crippen molar-refractivity contribution in [2.45, 2.75) is 52.6 Å². The van der Waals surface area contributed by atoms with Crippen LogP contribution in [0.5, 0.6) is 0 Å². The van der Waals surface area contributed by atoms with E-state index in [9.17, 15) is 0 Å². The number of hydrogen-bond acceptors (Lipinski definition) is 2. The molecule has 0 saturated carbocycles. The van der Waals surface area contributed by atoms with Gasteiger partial charge in [0.15, 0.2) is 12.1 Å². The molecular formula is C11H18O2. The summed E-state index contributed by atoms with van der Waals surface area (Å²) in [6.07, 6.45) is 4.23. The van der Waals surface area contributed by atoms with Crippen LogP contribution >= 0.6 is 0 Å². The maximum absolute atomic E-state index is 5.67. The van der Waals surface area contributed by atoms with Crippen LogP contribution in [0.1, 0.15) is 40.5 Å². The van der Waals surface area contributed by atoms with Crippen molar-refractivity contribution in [1.82, 2.24) is 0 Å². The Morgan fingerprint density at radius 1 is 1.38 bits per heavy atom. The molecule has 0 unspecified atom stereocenters. The van der Waals surface area contributed by atoms with Crippen LogP contribution in [0.25, 0.3) is 0 Å². The molecule has 2 rings (SSSR count). The lowest BCUT2D eigenvalue weighted by molar-refractivity contribution is -0.431. The van der Waals surface area contributed by atoms with Crippen molar-refractivity contribution < 1.29 is 9.47 Å². The molecule has 13 heavy (non-hydrogen) atoms. The first kappa shape index (κ1) is 9.22. The van der Waals surface area contributed by atoms with Gasteiger partial charge in [-0.25, -0.2) is 0 Å². The molecule has 0 bridgehead atoms. The number of rotatable bonds is 0. The Morgan fingerprint density at radius 3 is 2.46 bits per heavy atom. The Hall–Kier alpha value is -0.340. The molecule has 0 amide bonds. The third-order valence-electron chi connectivity index (χ3n) is 2.68. The summed E-state index contributed by atoms with van der Waals surface area (Å²) in [6.45, 7) is 8.62. The summed E-state index contributed by atoms with van der Waals surface area (Å²) in [4.78, 5) is 0. The highest BCUT2D eigenvalue weighted by Crippen LogP contribution is 2.47. The lowest BCUT2D eigenvalue weighted by Gasteiger charge is -2.50. The second-order valence-corrected chi connectivity index (χ2v) is 5.12. The Morgan fingerprint density at radius 2 is 2.00 bits per heavy atom. The standard InChI is InChI=1S/C11H18O2/c1-8-5-10(3,4)7-11(6-8)12-9(2)13-11/h6,9H,5,7H2,1-4H3. The van der Waals surface area contributed by atoms with Crippen molar-refractivity contribution in [3.8, 4) is 0 Å². The molecular weight excluding hydrogens is 164 g/mol. The lowest BCUT2D eigenvalue weighted by atomic mass is 9.74. The van der Waals surface area contributed by atoms with Gasteiger partial charge in [-0.05, 0) is 31.8 Å². The summed E-state index contributed by atoms with van der Waals surface area (Å²) >= 11 is 0. The van der Waals surface area contributed by atoms with Gasteiger partial charge in [0.2, 0.25) is 0 Å². The smallest absolute Gasteiger partial charge is 0.194 e. The molecule has 0 aromatic carbocycles. The second kappa shape index (κ2) is 2.58. The fourth-order valence-corrected chi connectivity index (χ4v) is 2.68. The molecule has 2 heteroatoms. The first-order valence-electron chi connectivity index (χ1n) is 4.95. The van der Waals surface area contributed by atoms with Gasteiger partial charge in [-0.1, -0.05) is 19.4 Å². The number of allylic oxidation sites excluding steroid dienone is 1. The van der Waals surface area contributed by atoms with E-state index in [1.165, 1.54) is 5.57 Å². The summed E-state index contributed by atoms with van der Waals surface area (Å²) in [5.74, 6) is -0.384. The van der Waals surface area contributed by atoms with Gasteiger partial charge in [-0.2, -0.15) is 0 Å². The Bertz CT molecular complexity index is 247. The van der Waals surface area contributed by atoms with Gasteiger partial charge in [0.05, 0.1) is 0 Å². The van der Waals surface area contributed by atoms with Crippen LogP contribution in [0.3, 0.4) is 0 Å². The van der Waals surface area contributed by atoms with Gasteiger partial charge in [-0.15, -0.1) is 0 Å². The van der Waals surface area contributed by atoms with Gasteiger partial charge in [0.1, 0.15) is 0 Å². The van der Waals surface area contributed by atoms with E-state index >= 15 is 0 Å². The van der Waals surface area contributed by atoms with E-state index in [0.29, 0.717) is 5.41 Å². The largest absolute Gasteiger partial charge is 0.317 e. The van der Waals surface area contributed by atoms with E-state index in [1.54, 1.807) is 0 Å². The molecule has 2 nitrogen and oxygen atoms in total. The van der Waals surface area contributed by atoms with Crippen molar-refractivity contribution in [2.75, 3.05) is 0 Å². The predicted molar refractivity (Wildman–Crippen MR) is 51.1 cm³/mol. The molecule has 1 fully saturated rings. The highest BCUT2D eigenvalue weighted by atomic mass is 16.9. The van der Waals surface area contributed by atoms with Crippen LogP contribution in [0.15, 0.2) is 11.6 Å². The first-order valence-corrected chi connectivity index (χ1v) is 4.95. The second-order valence-electron chi connectivity index (χ2n) is 5.12. The Kier molecular flexibility index (Phi) is 1.83. The van der Waals surface area contributed by atoms with Gasteiger partial charge in [-0.3, -0.25) is 0 Å². The number of ether oxygens (including phenoxy) is 2. The molecule has 74 valence electrons. The van der Waals surface area contributed by atoms with Gasteiger partial charge in [0.25, 0.3) is 0 Å². The molecule has 1 aliphatic heterocycles. The minimum Gasteiger partial charge on any atom is -0.317 e. The quantitative estimate of drug-likeness (QED) is 0.536. The molecule has 0 radical (unpaired) electrons. The lowest BCUT2D eigenvalue weighted by Crippen LogP contribution is -2.54. The van der Waals surface area contributed by atoms with Crippen LogP contribution in [0, 0.1) is 5.41 Å². The fraction of sp³-hybridized carbons (Fsp3) is 0.818. The fourth-order valence-electron chi connectivity index (χ4n) is 2.68. The van der Waals surface area contributed by atoms with Crippen molar-refractivity contribution in [3.63, 3.8) is 0 Å². The molecule has 1 spiro atoms. The highest BCUT2D eigenvalue weighted by molar-refractivity contribution is 5.16. The monoisotopic (exact) mass is 182 g/mol. The average molecular weight is 182 g/mol. The van der Waals surface area contributed by atoms with Gasteiger partial charge in [0, 0.05) is 6.42 Å². The Balaban J connectivity index is 2.18. The van der Waals surface area contributed by atoms with Crippen molar-refractivity contribution in [1.29, 1.82) is 0 Å². The van der Waals surface area contributed by atoms with Gasteiger partial charge < -0.3 is 9.47 Å². The van der Waals surface area contributed by atoms with E-state index < -0.39 is 0 Å². The van der Waals surface area contributed by atoms with E-state index in [-0.39, 0.29) is 12.1 Å². The summed E-state index contributed by atoms with van der Waals surface area (Å²) in [5, 5.41) is 0. The minimum atomic E-state index is -0.384. The summed E-state index contributed by atoms with van der Waals surface area (Å²) in [6, 6.07) is 0. The van der Waals surface area contributed by atoms with E-state index in [4.69, 9.17) is 9.47 Å². The number of hydrogen-bond donors (Lipinski definition) is 0. The third-order valence-corrected chi connectivity index (χ3v) is 2.68. The van der Waals surface area contributed by atoms with E-state index in [0.717, 1.165) is 12.8 Å². The topological polar surface area (TPSA) is 18.5 Å². The van der Waals surface area contributed by atoms with Crippen molar-refractivity contribution >= 4 is 0 Å². The van der Waals surface area contributed by atoms with Crippen molar-refractivity contribution in [2.24, 2.45) is 5.41 Å². The molecule has 1 saturated heterocycles. The zero-order valence-corrected chi connectivity index (χ0v) is 8.89. The third kappa shape index (κ3) is 1.65. The molecule has 0 aromatic rings. The van der Waals surface area contributed by atoms with Gasteiger partial charge >= 0.3 is 0 Å².